The van der Waals surface area contributed by atoms with E-state index in [0.29, 0.717) is 5.75 Å². The Morgan fingerprint density at radius 3 is 2.09 bits per heavy atom. The molecule has 0 saturated heterocycles. The van der Waals surface area contributed by atoms with Crippen LogP contribution < -0.4 is 19.8 Å². The topological polar surface area (TPSA) is 63.2 Å². The van der Waals surface area contributed by atoms with Crippen molar-refractivity contribution >= 4 is 17.8 Å². The molecule has 0 aromatic heterocycles. The van der Waals surface area contributed by atoms with Gasteiger partial charge in [-0.3, -0.25) is 4.79 Å². The first-order valence-electron chi connectivity index (χ1n) is 12.2. The van der Waals surface area contributed by atoms with Gasteiger partial charge in [0.25, 0.3) is 5.91 Å². The second kappa shape index (κ2) is 15.7. The number of anilines is 1. The summed E-state index contributed by atoms with van der Waals surface area (Å²) < 4.78 is 11.3. The molecule has 2 aromatic rings. The highest BCUT2D eigenvalue weighted by Gasteiger charge is 2.03. The van der Waals surface area contributed by atoms with Gasteiger partial charge in [-0.15, -0.1) is 0 Å². The van der Waals surface area contributed by atoms with Crippen LogP contribution in [0.5, 0.6) is 11.5 Å². The van der Waals surface area contributed by atoms with Crippen molar-refractivity contribution in [3.8, 4) is 11.5 Å². The molecule has 33 heavy (non-hydrogen) atoms. The number of nitrogens with one attached hydrogen (secondary N) is 1. The first-order valence-corrected chi connectivity index (χ1v) is 12.2. The summed E-state index contributed by atoms with van der Waals surface area (Å²) in [6.07, 6.45) is 9.08. The van der Waals surface area contributed by atoms with Crippen molar-refractivity contribution in [3.05, 3.63) is 54.1 Å². The van der Waals surface area contributed by atoms with Crippen molar-refractivity contribution in [2.24, 2.45) is 5.10 Å². The van der Waals surface area contributed by atoms with Gasteiger partial charge in [0.2, 0.25) is 0 Å². The van der Waals surface area contributed by atoms with Crippen LogP contribution in [-0.4, -0.2) is 38.4 Å². The molecule has 6 nitrogen and oxygen atoms in total. The Hall–Kier alpha value is -3.02. The molecule has 0 spiro atoms. The lowest BCUT2D eigenvalue weighted by atomic mass is 10.1. The fourth-order valence-electron chi connectivity index (χ4n) is 3.42. The molecule has 6 heteroatoms. The number of carbonyl (C=O) groups excluding carboxylic acids is 1. The van der Waals surface area contributed by atoms with Crippen molar-refractivity contribution in [2.75, 3.05) is 31.2 Å². The van der Waals surface area contributed by atoms with Crippen molar-refractivity contribution in [1.29, 1.82) is 0 Å². The van der Waals surface area contributed by atoms with E-state index in [2.05, 4.69) is 48.3 Å². The number of benzene rings is 2. The number of amides is 1. The van der Waals surface area contributed by atoms with Crippen LogP contribution in [-0.2, 0) is 4.79 Å². The number of hydrazone groups is 1. The van der Waals surface area contributed by atoms with Crippen LogP contribution in [0.4, 0.5) is 5.69 Å². The molecule has 0 aliphatic rings. The van der Waals surface area contributed by atoms with Gasteiger partial charge in [0.15, 0.2) is 6.61 Å². The Morgan fingerprint density at radius 2 is 1.45 bits per heavy atom. The average molecular weight is 454 g/mol. The Balaban J connectivity index is 1.64. The normalized spacial score (nSPS) is 10.9. The molecule has 0 radical (unpaired) electrons. The summed E-state index contributed by atoms with van der Waals surface area (Å²) in [5.74, 6) is 1.12. The minimum Gasteiger partial charge on any atom is -0.494 e. The first-order chi connectivity index (χ1) is 16.2. The molecular formula is C27H39N3O3. The van der Waals surface area contributed by atoms with Crippen molar-refractivity contribution in [1.82, 2.24) is 5.43 Å². The second-order valence-electron chi connectivity index (χ2n) is 7.93. The van der Waals surface area contributed by atoms with E-state index in [-0.39, 0.29) is 12.5 Å². The highest BCUT2D eigenvalue weighted by atomic mass is 16.5. The minimum atomic E-state index is -0.311. The molecule has 0 saturated carbocycles. The number of nitrogens with zero attached hydrogens (tertiary/aromatic N) is 2. The van der Waals surface area contributed by atoms with Gasteiger partial charge < -0.3 is 14.4 Å². The van der Waals surface area contributed by atoms with E-state index in [1.54, 1.807) is 6.21 Å². The highest BCUT2D eigenvalue weighted by molar-refractivity contribution is 5.83. The fourth-order valence-corrected chi connectivity index (χ4v) is 3.42. The summed E-state index contributed by atoms with van der Waals surface area (Å²) in [7, 11) is 0. The molecule has 0 heterocycles. The van der Waals surface area contributed by atoms with Gasteiger partial charge in [-0.1, -0.05) is 51.2 Å². The summed E-state index contributed by atoms with van der Waals surface area (Å²) in [5, 5.41) is 4.01. The van der Waals surface area contributed by atoms with E-state index in [1.165, 1.54) is 37.8 Å². The summed E-state index contributed by atoms with van der Waals surface area (Å²) >= 11 is 0. The molecule has 180 valence electrons. The van der Waals surface area contributed by atoms with Gasteiger partial charge in [0, 0.05) is 18.8 Å². The Kier molecular flexibility index (Phi) is 12.5. The number of ether oxygens (including phenoxy) is 2. The number of rotatable bonds is 16. The molecule has 1 N–H and O–H groups in total. The van der Waals surface area contributed by atoms with E-state index in [9.17, 15) is 4.79 Å². The number of unbranched alkanes of at least 4 members (excludes halogenated alkanes) is 5. The zero-order valence-electron chi connectivity index (χ0n) is 20.4. The Bertz CT molecular complexity index is 816. The van der Waals surface area contributed by atoms with Crippen LogP contribution in [0.15, 0.2) is 53.6 Å². The Morgan fingerprint density at radius 1 is 0.848 bits per heavy atom. The van der Waals surface area contributed by atoms with Crippen LogP contribution in [0.3, 0.4) is 0 Å². The van der Waals surface area contributed by atoms with Gasteiger partial charge >= 0.3 is 0 Å². The zero-order chi connectivity index (χ0) is 23.7. The van der Waals surface area contributed by atoms with Gasteiger partial charge in [-0.25, -0.2) is 5.43 Å². The quantitative estimate of drug-likeness (QED) is 0.198. The third-order valence-corrected chi connectivity index (χ3v) is 5.38. The van der Waals surface area contributed by atoms with Crippen LogP contribution in [0.1, 0.15) is 64.9 Å². The lowest BCUT2D eigenvalue weighted by Crippen LogP contribution is -2.24. The van der Waals surface area contributed by atoms with E-state index >= 15 is 0 Å². The smallest absolute Gasteiger partial charge is 0.277 e. The molecule has 2 aromatic carbocycles. The third kappa shape index (κ3) is 10.4. The van der Waals surface area contributed by atoms with Crippen molar-refractivity contribution < 1.29 is 14.3 Å². The fraction of sp³-hybridized carbons (Fsp3) is 0.481. The molecule has 0 aliphatic heterocycles. The van der Waals surface area contributed by atoms with E-state index < -0.39 is 0 Å². The predicted octanol–water partition coefficient (Wildman–Crippen LogP) is 5.80. The minimum absolute atomic E-state index is 0.101. The van der Waals surface area contributed by atoms with Gasteiger partial charge in [0.1, 0.15) is 11.5 Å². The van der Waals surface area contributed by atoms with Crippen LogP contribution in [0, 0.1) is 0 Å². The number of hydrogen-bond acceptors (Lipinski definition) is 5. The Labute approximate surface area is 199 Å². The summed E-state index contributed by atoms with van der Waals surface area (Å²) in [4.78, 5) is 14.3. The van der Waals surface area contributed by atoms with Gasteiger partial charge in [-0.05, 0) is 62.2 Å². The van der Waals surface area contributed by atoms with Gasteiger partial charge in [-0.2, -0.15) is 5.10 Å². The largest absolute Gasteiger partial charge is 0.494 e. The van der Waals surface area contributed by atoms with Crippen LogP contribution >= 0.6 is 0 Å². The van der Waals surface area contributed by atoms with E-state index in [1.807, 2.05) is 36.4 Å². The molecule has 0 bridgehead atoms. The molecule has 1 amide bonds. The third-order valence-electron chi connectivity index (χ3n) is 5.38. The van der Waals surface area contributed by atoms with Gasteiger partial charge in [0.05, 0.1) is 12.8 Å². The molecule has 0 unspecified atom stereocenters. The lowest BCUT2D eigenvalue weighted by Gasteiger charge is -2.20. The number of hydrogen-bond donors (Lipinski definition) is 1. The van der Waals surface area contributed by atoms with Crippen LogP contribution in [0.2, 0.25) is 0 Å². The SMILES string of the molecule is CCCCCCCCOc1ccc(OCC(=O)N/N=C\c2ccc(N(CC)CC)cc2)cc1. The van der Waals surface area contributed by atoms with E-state index in [4.69, 9.17) is 9.47 Å². The first kappa shape index (κ1) is 26.2. The lowest BCUT2D eigenvalue weighted by molar-refractivity contribution is -0.123. The summed E-state index contributed by atoms with van der Waals surface area (Å²) in [6, 6.07) is 15.4. The number of carbonyl (C=O) groups is 1. The zero-order valence-corrected chi connectivity index (χ0v) is 20.4. The average Bonchev–Trinajstić information content (AvgIpc) is 2.84. The summed E-state index contributed by atoms with van der Waals surface area (Å²) in [5.41, 5.74) is 4.59. The van der Waals surface area contributed by atoms with E-state index in [0.717, 1.165) is 37.4 Å². The highest BCUT2D eigenvalue weighted by Crippen LogP contribution is 2.18. The summed E-state index contributed by atoms with van der Waals surface area (Å²) in [6.45, 7) is 9.06. The maximum Gasteiger partial charge on any atom is 0.277 e. The van der Waals surface area contributed by atoms with Crippen molar-refractivity contribution in [2.45, 2.75) is 59.3 Å². The monoisotopic (exact) mass is 453 g/mol. The maximum atomic E-state index is 12.0. The molecule has 0 atom stereocenters. The molecule has 0 aliphatic carbocycles. The molecule has 0 fully saturated rings. The van der Waals surface area contributed by atoms with Crippen LogP contribution in [0.25, 0.3) is 0 Å². The molecule has 2 rings (SSSR count). The predicted molar refractivity (Wildman–Crippen MR) is 137 cm³/mol. The second-order valence-corrected chi connectivity index (χ2v) is 7.93. The van der Waals surface area contributed by atoms with Crippen molar-refractivity contribution in [3.63, 3.8) is 0 Å². The molecular weight excluding hydrogens is 414 g/mol. The standard InChI is InChI=1S/C27H39N3O3/c1-4-7-8-9-10-11-20-32-25-16-18-26(19-17-25)33-22-27(31)29-28-21-23-12-14-24(15-13-23)30(5-2)6-3/h12-19,21H,4-11,20,22H2,1-3H3,(H,29,31)/b28-21-. The maximum absolute atomic E-state index is 12.0.